The van der Waals surface area contributed by atoms with Crippen LogP contribution in [0.3, 0.4) is 0 Å². The smallest absolute Gasteiger partial charge is 0.242 e. The second-order valence-corrected chi connectivity index (χ2v) is 6.30. The minimum absolute atomic E-state index is 0. The Labute approximate surface area is 164 Å². The summed E-state index contributed by atoms with van der Waals surface area (Å²) >= 11 is 0. The summed E-state index contributed by atoms with van der Waals surface area (Å²) in [5, 5.41) is 5.92. The Kier molecular flexibility index (Phi) is 7.76. The number of hydrogen-bond acceptors (Lipinski definition) is 3. The van der Waals surface area contributed by atoms with Crippen molar-refractivity contribution in [1.29, 1.82) is 0 Å². The van der Waals surface area contributed by atoms with Crippen LogP contribution in [-0.4, -0.2) is 42.9 Å². The highest BCUT2D eigenvalue weighted by Gasteiger charge is 2.28. The predicted molar refractivity (Wildman–Crippen MR) is 104 cm³/mol. The van der Waals surface area contributed by atoms with Crippen LogP contribution < -0.4 is 10.6 Å². The van der Waals surface area contributed by atoms with E-state index in [9.17, 15) is 14.0 Å². The first-order chi connectivity index (χ1) is 12.6. The Morgan fingerprint density at radius 2 is 1.93 bits per heavy atom. The summed E-state index contributed by atoms with van der Waals surface area (Å²) < 4.78 is 13.5. The molecule has 1 fully saturated rings. The van der Waals surface area contributed by atoms with Crippen molar-refractivity contribution in [1.82, 2.24) is 15.5 Å². The van der Waals surface area contributed by atoms with E-state index in [-0.39, 0.29) is 49.0 Å². The number of rotatable bonds is 5. The van der Waals surface area contributed by atoms with Crippen LogP contribution in [0, 0.1) is 5.82 Å². The summed E-state index contributed by atoms with van der Waals surface area (Å²) in [5.74, 6) is -0.680. The van der Waals surface area contributed by atoms with Gasteiger partial charge in [-0.2, -0.15) is 0 Å². The van der Waals surface area contributed by atoms with E-state index in [4.69, 9.17) is 0 Å². The van der Waals surface area contributed by atoms with Gasteiger partial charge in [0, 0.05) is 19.6 Å². The van der Waals surface area contributed by atoms with E-state index >= 15 is 0 Å². The molecule has 5 nitrogen and oxygen atoms in total. The van der Waals surface area contributed by atoms with Crippen LogP contribution in [0.4, 0.5) is 4.39 Å². The third kappa shape index (κ3) is 5.77. The Hall–Kier alpha value is -2.44. The van der Waals surface area contributed by atoms with E-state index < -0.39 is 0 Å². The Balaban J connectivity index is 0.00000261. The average Bonchev–Trinajstić information content (AvgIpc) is 2.67. The van der Waals surface area contributed by atoms with Crippen LogP contribution in [0.5, 0.6) is 0 Å². The van der Waals surface area contributed by atoms with Crippen molar-refractivity contribution in [3.63, 3.8) is 0 Å². The minimum Gasteiger partial charge on any atom is -0.347 e. The molecular weight excluding hydrogens is 369 g/mol. The molecule has 0 aromatic heterocycles. The summed E-state index contributed by atoms with van der Waals surface area (Å²) in [5.41, 5.74) is 1.65. The zero-order valence-corrected chi connectivity index (χ0v) is 15.7. The molecule has 2 amide bonds. The maximum atomic E-state index is 13.5. The fourth-order valence-electron chi connectivity index (χ4n) is 3.13. The summed E-state index contributed by atoms with van der Waals surface area (Å²) in [6.07, 6.45) is 0.239. The van der Waals surface area contributed by atoms with Gasteiger partial charge in [0.15, 0.2) is 0 Å². The van der Waals surface area contributed by atoms with Crippen LogP contribution in [0.1, 0.15) is 17.2 Å². The van der Waals surface area contributed by atoms with Gasteiger partial charge in [0.25, 0.3) is 0 Å². The molecule has 1 aliphatic rings. The summed E-state index contributed by atoms with van der Waals surface area (Å²) in [6, 6.07) is 15.4. The van der Waals surface area contributed by atoms with Crippen molar-refractivity contribution in [3.05, 3.63) is 71.5 Å². The van der Waals surface area contributed by atoms with Gasteiger partial charge >= 0.3 is 0 Å². The number of amides is 2. The topological polar surface area (TPSA) is 61.4 Å². The van der Waals surface area contributed by atoms with Gasteiger partial charge in [-0.25, -0.2) is 4.39 Å². The van der Waals surface area contributed by atoms with Crippen molar-refractivity contribution >= 4 is 24.2 Å². The number of carbonyl (C=O) groups is 2. The molecular formula is C20H23ClFN3O2. The van der Waals surface area contributed by atoms with Gasteiger partial charge in [0.05, 0.1) is 19.0 Å². The van der Waals surface area contributed by atoms with Crippen molar-refractivity contribution in [2.75, 3.05) is 26.2 Å². The number of halogens is 2. The highest BCUT2D eigenvalue weighted by atomic mass is 35.5. The van der Waals surface area contributed by atoms with Crippen LogP contribution in [0.25, 0.3) is 0 Å². The van der Waals surface area contributed by atoms with Crippen LogP contribution in [0.15, 0.2) is 54.6 Å². The maximum Gasteiger partial charge on any atom is 0.242 e. The summed E-state index contributed by atoms with van der Waals surface area (Å²) in [4.78, 5) is 26.4. The molecule has 0 saturated carbocycles. The second kappa shape index (κ2) is 10.0. The number of nitrogens with zero attached hydrogens (tertiary/aromatic N) is 1. The highest BCUT2D eigenvalue weighted by Crippen LogP contribution is 2.22. The van der Waals surface area contributed by atoms with E-state index in [1.165, 1.54) is 12.1 Å². The van der Waals surface area contributed by atoms with E-state index in [1.54, 1.807) is 11.0 Å². The monoisotopic (exact) mass is 391 g/mol. The molecule has 0 radical (unpaired) electrons. The number of hydrogen-bond donors (Lipinski definition) is 2. The van der Waals surface area contributed by atoms with Crippen LogP contribution in [-0.2, 0) is 16.0 Å². The maximum absolute atomic E-state index is 13.5. The molecule has 1 saturated heterocycles. The first kappa shape index (κ1) is 20.9. The molecule has 0 bridgehead atoms. The minimum atomic E-state index is -0.323. The zero-order chi connectivity index (χ0) is 18.4. The summed E-state index contributed by atoms with van der Waals surface area (Å²) in [6.45, 7) is 1.70. The average molecular weight is 392 g/mol. The van der Waals surface area contributed by atoms with Crippen LogP contribution >= 0.6 is 12.4 Å². The highest BCUT2D eigenvalue weighted by molar-refractivity contribution is 5.86. The predicted octanol–water partition coefficient (Wildman–Crippen LogP) is 2.08. The molecule has 27 heavy (non-hydrogen) atoms. The lowest BCUT2D eigenvalue weighted by Gasteiger charge is -2.36. The lowest BCUT2D eigenvalue weighted by atomic mass is 10.0. The quantitative estimate of drug-likeness (QED) is 0.820. The van der Waals surface area contributed by atoms with Crippen molar-refractivity contribution in [2.45, 2.75) is 12.5 Å². The molecule has 1 heterocycles. The molecule has 2 aromatic carbocycles. The molecule has 1 atom stereocenters. The third-order valence-electron chi connectivity index (χ3n) is 4.44. The lowest BCUT2D eigenvalue weighted by molar-refractivity contribution is -0.135. The number of carbonyl (C=O) groups excluding carboxylic acids is 2. The number of nitrogens with one attached hydrogen (secondary N) is 2. The van der Waals surface area contributed by atoms with Crippen molar-refractivity contribution in [2.24, 2.45) is 0 Å². The Morgan fingerprint density at radius 1 is 1.15 bits per heavy atom. The number of benzene rings is 2. The van der Waals surface area contributed by atoms with Gasteiger partial charge < -0.3 is 15.5 Å². The lowest BCUT2D eigenvalue weighted by Crippen LogP contribution is -2.51. The fraction of sp³-hybridized carbons (Fsp3) is 0.300. The van der Waals surface area contributed by atoms with Gasteiger partial charge in [-0.1, -0.05) is 42.5 Å². The van der Waals surface area contributed by atoms with E-state index in [1.807, 2.05) is 36.4 Å². The molecule has 144 valence electrons. The van der Waals surface area contributed by atoms with Gasteiger partial charge in [-0.3, -0.25) is 9.59 Å². The standard InChI is InChI=1S/C20H22FN3O2.ClH/c21-17-8-4-7-16(12-17)18-13-22-9-10-24(18)20(26)14-23-19(25)11-15-5-2-1-3-6-15;/h1-8,12,18,22H,9-11,13-14H2,(H,23,25);1H. The largest absolute Gasteiger partial charge is 0.347 e. The van der Waals surface area contributed by atoms with E-state index in [0.717, 1.165) is 11.1 Å². The molecule has 1 aliphatic heterocycles. The molecule has 2 aromatic rings. The van der Waals surface area contributed by atoms with E-state index in [2.05, 4.69) is 10.6 Å². The summed E-state index contributed by atoms with van der Waals surface area (Å²) in [7, 11) is 0. The Morgan fingerprint density at radius 3 is 2.67 bits per heavy atom. The Bertz CT molecular complexity index is 773. The fourth-order valence-corrected chi connectivity index (χ4v) is 3.13. The van der Waals surface area contributed by atoms with Gasteiger partial charge in [-0.05, 0) is 23.3 Å². The van der Waals surface area contributed by atoms with Crippen molar-refractivity contribution < 1.29 is 14.0 Å². The van der Waals surface area contributed by atoms with Gasteiger partial charge in [-0.15, -0.1) is 12.4 Å². The SMILES string of the molecule is Cl.O=C(Cc1ccccc1)NCC(=O)N1CCNCC1c1cccc(F)c1. The number of piperazine rings is 1. The first-order valence-corrected chi connectivity index (χ1v) is 8.70. The first-order valence-electron chi connectivity index (χ1n) is 8.70. The zero-order valence-electron chi connectivity index (χ0n) is 14.9. The van der Waals surface area contributed by atoms with Gasteiger partial charge in [0.2, 0.25) is 11.8 Å². The molecule has 2 N–H and O–H groups in total. The molecule has 7 heteroatoms. The molecule has 0 aliphatic carbocycles. The van der Waals surface area contributed by atoms with Crippen molar-refractivity contribution in [3.8, 4) is 0 Å². The van der Waals surface area contributed by atoms with E-state index in [0.29, 0.717) is 19.6 Å². The molecule has 3 rings (SSSR count). The second-order valence-electron chi connectivity index (χ2n) is 6.30. The third-order valence-corrected chi connectivity index (χ3v) is 4.44. The molecule has 0 spiro atoms. The van der Waals surface area contributed by atoms with Crippen LogP contribution in [0.2, 0.25) is 0 Å². The van der Waals surface area contributed by atoms with Gasteiger partial charge in [0.1, 0.15) is 5.82 Å². The normalized spacial score (nSPS) is 16.3. The molecule has 1 unspecified atom stereocenters.